The molecule has 1 heterocycles. The summed E-state index contributed by atoms with van der Waals surface area (Å²) in [5, 5.41) is 6.59. The lowest BCUT2D eigenvalue weighted by Crippen LogP contribution is -2.48. The molecule has 3 heteroatoms. The number of hydrogen-bond acceptors (Lipinski definition) is 2. The maximum Gasteiger partial charge on any atom is 0.221 e. The van der Waals surface area contributed by atoms with Crippen molar-refractivity contribution in [1.29, 1.82) is 0 Å². The van der Waals surface area contributed by atoms with Gasteiger partial charge in [-0.3, -0.25) is 4.79 Å². The maximum atomic E-state index is 11.5. The molecule has 1 rings (SSSR count). The van der Waals surface area contributed by atoms with E-state index in [1.54, 1.807) is 0 Å². The van der Waals surface area contributed by atoms with Crippen LogP contribution in [0.4, 0.5) is 0 Å². The molecule has 0 aromatic carbocycles. The molecule has 1 saturated heterocycles. The Balaban J connectivity index is 2.53. The highest BCUT2D eigenvalue weighted by Crippen LogP contribution is 2.27. The third kappa shape index (κ3) is 6.06. The van der Waals surface area contributed by atoms with Crippen LogP contribution < -0.4 is 10.6 Å². The molecular formula is C14H28N2O. The molecule has 1 unspecified atom stereocenters. The van der Waals surface area contributed by atoms with E-state index in [0.717, 1.165) is 25.8 Å². The summed E-state index contributed by atoms with van der Waals surface area (Å²) >= 11 is 0. The second-order valence-electron chi connectivity index (χ2n) is 7.16. The summed E-state index contributed by atoms with van der Waals surface area (Å²) in [7, 11) is 0. The molecule has 1 atom stereocenters. The summed E-state index contributed by atoms with van der Waals surface area (Å²) in [6.07, 6.45) is 3.90. The quantitative estimate of drug-likeness (QED) is 0.795. The van der Waals surface area contributed by atoms with E-state index in [9.17, 15) is 4.79 Å². The average molecular weight is 240 g/mol. The monoisotopic (exact) mass is 240 g/mol. The van der Waals surface area contributed by atoms with Crippen molar-refractivity contribution in [2.24, 2.45) is 5.41 Å². The Morgan fingerprint density at radius 2 is 1.94 bits per heavy atom. The number of carbonyl (C=O) groups excluding carboxylic acids is 1. The SMILES string of the molecule is CC(C)(C)CC(C)(C)NC1CCCNC(=O)C1. The Hall–Kier alpha value is -0.570. The fraction of sp³-hybridized carbons (Fsp3) is 0.929. The van der Waals surface area contributed by atoms with Crippen molar-refractivity contribution in [2.75, 3.05) is 6.54 Å². The molecule has 0 saturated carbocycles. The maximum absolute atomic E-state index is 11.5. The number of rotatable bonds is 3. The van der Waals surface area contributed by atoms with Gasteiger partial charge < -0.3 is 10.6 Å². The zero-order valence-electron chi connectivity index (χ0n) is 12.0. The molecule has 3 nitrogen and oxygen atoms in total. The van der Waals surface area contributed by atoms with Crippen LogP contribution in [0, 0.1) is 5.41 Å². The standard InChI is InChI=1S/C14H28N2O/c1-13(2,3)10-14(4,5)16-11-7-6-8-15-12(17)9-11/h11,16H,6-10H2,1-5H3,(H,15,17). The summed E-state index contributed by atoms with van der Waals surface area (Å²) in [6.45, 7) is 12.1. The highest BCUT2D eigenvalue weighted by atomic mass is 16.1. The molecule has 1 fully saturated rings. The fourth-order valence-electron chi connectivity index (χ4n) is 3.03. The molecular weight excluding hydrogens is 212 g/mol. The third-order valence-electron chi connectivity index (χ3n) is 3.05. The highest BCUT2D eigenvalue weighted by Gasteiger charge is 2.29. The summed E-state index contributed by atoms with van der Waals surface area (Å²) < 4.78 is 0. The Kier molecular flexibility index (Phi) is 4.59. The second-order valence-corrected chi connectivity index (χ2v) is 7.16. The summed E-state index contributed by atoms with van der Waals surface area (Å²) in [4.78, 5) is 11.5. The predicted octanol–water partition coefficient (Wildman–Crippen LogP) is 2.46. The first-order chi connectivity index (χ1) is 7.68. The first-order valence-electron chi connectivity index (χ1n) is 6.72. The fourth-order valence-corrected chi connectivity index (χ4v) is 3.03. The predicted molar refractivity (Wildman–Crippen MR) is 71.9 cm³/mol. The molecule has 1 aliphatic heterocycles. The zero-order valence-corrected chi connectivity index (χ0v) is 12.0. The van der Waals surface area contributed by atoms with Gasteiger partial charge in [-0.1, -0.05) is 20.8 Å². The zero-order chi connectivity index (χ0) is 13.1. The molecule has 0 radical (unpaired) electrons. The Labute approximate surface area is 106 Å². The number of amides is 1. The topological polar surface area (TPSA) is 41.1 Å². The van der Waals surface area contributed by atoms with Crippen LogP contribution in [0.15, 0.2) is 0 Å². The van der Waals surface area contributed by atoms with Crippen LogP contribution in [-0.2, 0) is 4.79 Å². The van der Waals surface area contributed by atoms with Gasteiger partial charge in [-0.05, 0) is 38.5 Å². The largest absolute Gasteiger partial charge is 0.356 e. The normalized spacial score (nSPS) is 23.1. The highest BCUT2D eigenvalue weighted by molar-refractivity contribution is 5.76. The molecule has 100 valence electrons. The molecule has 0 aromatic heterocycles. The molecule has 2 N–H and O–H groups in total. The summed E-state index contributed by atoms with van der Waals surface area (Å²) in [5.41, 5.74) is 0.400. The van der Waals surface area contributed by atoms with Crippen LogP contribution in [0.5, 0.6) is 0 Å². The van der Waals surface area contributed by atoms with E-state index in [-0.39, 0.29) is 11.4 Å². The summed E-state index contributed by atoms with van der Waals surface area (Å²) in [6, 6.07) is 0.329. The number of carbonyl (C=O) groups is 1. The van der Waals surface area contributed by atoms with E-state index in [1.807, 2.05) is 0 Å². The van der Waals surface area contributed by atoms with E-state index in [4.69, 9.17) is 0 Å². The van der Waals surface area contributed by atoms with Gasteiger partial charge in [0.05, 0.1) is 0 Å². The van der Waals surface area contributed by atoms with Gasteiger partial charge in [0.15, 0.2) is 0 Å². The van der Waals surface area contributed by atoms with Gasteiger partial charge in [0, 0.05) is 24.5 Å². The Morgan fingerprint density at radius 1 is 1.29 bits per heavy atom. The van der Waals surface area contributed by atoms with Gasteiger partial charge in [-0.15, -0.1) is 0 Å². The smallest absolute Gasteiger partial charge is 0.221 e. The lowest BCUT2D eigenvalue weighted by atomic mass is 9.81. The first-order valence-corrected chi connectivity index (χ1v) is 6.72. The number of nitrogens with one attached hydrogen (secondary N) is 2. The van der Waals surface area contributed by atoms with E-state index >= 15 is 0 Å². The molecule has 0 spiro atoms. The van der Waals surface area contributed by atoms with E-state index < -0.39 is 0 Å². The van der Waals surface area contributed by atoms with E-state index in [2.05, 4.69) is 45.3 Å². The lowest BCUT2D eigenvalue weighted by molar-refractivity contribution is -0.121. The first kappa shape index (κ1) is 14.5. The summed E-state index contributed by atoms with van der Waals surface area (Å²) in [5.74, 6) is 0.187. The van der Waals surface area contributed by atoms with Gasteiger partial charge >= 0.3 is 0 Å². The van der Waals surface area contributed by atoms with Gasteiger partial charge in [0.25, 0.3) is 0 Å². The van der Waals surface area contributed by atoms with Crippen LogP contribution in [-0.4, -0.2) is 24.0 Å². The molecule has 1 aliphatic rings. The minimum Gasteiger partial charge on any atom is -0.356 e. The minimum atomic E-state index is 0.0908. The molecule has 17 heavy (non-hydrogen) atoms. The molecule has 0 aromatic rings. The van der Waals surface area contributed by atoms with Crippen LogP contribution in [0.3, 0.4) is 0 Å². The van der Waals surface area contributed by atoms with Crippen LogP contribution >= 0.6 is 0 Å². The Bertz CT molecular complexity index is 266. The lowest BCUT2D eigenvalue weighted by Gasteiger charge is -2.36. The minimum absolute atomic E-state index is 0.0908. The average Bonchev–Trinajstić information content (AvgIpc) is 2.23. The molecule has 0 aliphatic carbocycles. The van der Waals surface area contributed by atoms with E-state index in [0.29, 0.717) is 17.9 Å². The van der Waals surface area contributed by atoms with Crippen molar-refractivity contribution in [3.05, 3.63) is 0 Å². The van der Waals surface area contributed by atoms with Crippen molar-refractivity contribution in [1.82, 2.24) is 10.6 Å². The van der Waals surface area contributed by atoms with E-state index in [1.165, 1.54) is 0 Å². The van der Waals surface area contributed by atoms with Crippen LogP contribution in [0.25, 0.3) is 0 Å². The van der Waals surface area contributed by atoms with Gasteiger partial charge in [-0.25, -0.2) is 0 Å². The van der Waals surface area contributed by atoms with Crippen molar-refractivity contribution in [2.45, 2.75) is 71.9 Å². The van der Waals surface area contributed by atoms with Crippen molar-refractivity contribution < 1.29 is 4.79 Å². The van der Waals surface area contributed by atoms with Crippen LogP contribution in [0.1, 0.15) is 60.3 Å². The third-order valence-corrected chi connectivity index (χ3v) is 3.05. The number of hydrogen-bond donors (Lipinski definition) is 2. The van der Waals surface area contributed by atoms with Gasteiger partial charge in [-0.2, -0.15) is 0 Å². The second kappa shape index (κ2) is 5.38. The van der Waals surface area contributed by atoms with Crippen molar-refractivity contribution in [3.8, 4) is 0 Å². The van der Waals surface area contributed by atoms with Crippen LogP contribution in [0.2, 0.25) is 0 Å². The van der Waals surface area contributed by atoms with Gasteiger partial charge in [0.1, 0.15) is 0 Å². The molecule has 0 bridgehead atoms. The molecule has 1 amide bonds. The van der Waals surface area contributed by atoms with Gasteiger partial charge in [0.2, 0.25) is 5.91 Å². The Morgan fingerprint density at radius 3 is 2.53 bits per heavy atom. The van der Waals surface area contributed by atoms with Crippen molar-refractivity contribution >= 4 is 5.91 Å². The van der Waals surface area contributed by atoms with Crippen molar-refractivity contribution in [3.63, 3.8) is 0 Å².